The molecular weight excluding hydrogens is 329 g/mol. The quantitative estimate of drug-likeness (QED) is 0.487. The van der Waals surface area contributed by atoms with Crippen molar-refractivity contribution in [2.75, 3.05) is 6.54 Å². The maximum atomic E-state index is 5.86. The number of nitrogens with one attached hydrogen (secondary N) is 1. The third-order valence-electron chi connectivity index (χ3n) is 4.96. The average Bonchev–Trinajstić information content (AvgIpc) is 2.69. The number of hydrogen-bond donors (Lipinski definition) is 1. The van der Waals surface area contributed by atoms with Gasteiger partial charge in [-0.3, -0.25) is 9.97 Å². The van der Waals surface area contributed by atoms with Gasteiger partial charge in [-0.1, -0.05) is 37.5 Å². The lowest BCUT2D eigenvalue weighted by Gasteiger charge is -2.19. The first-order valence-corrected chi connectivity index (χ1v) is 9.25. The summed E-state index contributed by atoms with van der Waals surface area (Å²) in [5.74, 6) is 0.228. The molecule has 3 aromatic rings. The van der Waals surface area contributed by atoms with E-state index in [2.05, 4.69) is 54.7 Å². The van der Waals surface area contributed by atoms with Gasteiger partial charge in [0.25, 0.3) is 0 Å². The van der Waals surface area contributed by atoms with Crippen LogP contribution in [0.15, 0.2) is 61.1 Å². The maximum Gasteiger partial charge on any atom is 0.0744 e. The number of fused-ring (bicyclic) bond motifs is 1. The highest BCUT2D eigenvalue weighted by Gasteiger charge is 2.17. The molecule has 0 fully saturated rings. The average molecular weight is 353 g/mol. The Balaban J connectivity index is 2.12. The third-order valence-corrected chi connectivity index (χ3v) is 4.96. The Kier molecular flexibility index (Phi) is 6.10. The van der Waals surface area contributed by atoms with Crippen molar-refractivity contribution < 1.29 is 0 Å². The zero-order valence-electron chi connectivity index (χ0n) is 16.0. The summed E-state index contributed by atoms with van der Waals surface area (Å²) >= 11 is 0. The van der Waals surface area contributed by atoms with Crippen molar-refractivity contribution in [3.05, 3.63) is 77.9 Å². The molecule has 0 amide bonds. The van der Waals surface area contributed by atoms with Crippen molar-refractivity contribution in [3.8, 4) is 11.3 Å². The monoisotopic (exact) mass is 353 g/mol. The molecule has 2 radical (unpaired) electrons. The summed E-state index contributed by atoms with van der Waals surface area (Å²) in [5, 5.41) is 4.36. The van der Waals surface area contributed by atoms with Gasteiger partial charge in [-0.05, 0) is 43.2 Å². The van der Waals surface area contributed by atoms with E-state index >= 15 is 0 Å². The molecule has 3 rings (SSSR count). The SMILES string of the molecule is [B]CCC(CNC=C=C)c1cc(C)c(C)c(-c2ccnc3ccccc23)n1. The zero-order valence-corrected chi connectivity index (χ0v) is 16.0. The fraction of sp³-hybridized carbons (Fsp3) is 0.261. The molecule has 0 aliphatic heterocycles. The van der Waals surface area contributed by atoms with Gasteiger partial charge >= 0.3 is 0 Å². The first-order chi connectivity index (χ1) is 13.2. The van der Waals surface area contributed by atoms with Gasteiger partial charge in [0.1, 0.15) is 0 Å². The molecule has 0 aliphatic carbocycles. The van der Waals surface area contributed by atoms with Crippen LogP contribution in [0.1, 0.15) is 29.2 Å². The highest BCUT2D eigenvalue weighted by molar-refractivity contribution is 6.08. The van der Waals surface area contributed by atoms with Crippen LogP contribution in [0, 0.1) is 13.8 Å². The van der Waals surface area contributed by atoms with Gasteiger partial charge in [0.15, 0.2) is 0 Å². The van der Waals surface area contributed by atoms with E-state index in [1.54, 1.807) is 6.20 Å². The first-order valence-electron chi connectivity index (χ1n) is 9.25. The summed E-state index contributed by atoms with van der Waals surface area (Å²) in [6.45, 7) is 8.63. The molecule has 0 spiro atoms. The van der Waals surface area contributed by atoms with E-state index in [9.17, 15) is 0 Å². The topological polar surface area (TPSA) is 37.8 Å². The molecule has 1 unspecified atom stereocenters. The first kappa shape index (κ1) is 18.9. The summed E-state index contributed by atoms with van der Waals surface area (Å²) in [4.78, 5) is 9.56. The summed E-state index contributed by atoms with van der Waals surface area (Å²) in [5.41, 5.74) is 9.36. The van der Waals surface area contributed by atoms with Crippen molar-refractivity contribution in [1.82, 2.24) is 15.3 Å². The molecule has 2 aromatic heterocycles. The number of benzene rings is 1. The van der Waals surface area contributed by atoms with Crippen LogP contribution < -0.4 is 5.32 Å². The minimum absolute atomic E-state index is 0.228. The van der Waals surface area contributed by atoms with Crippen molar-refractivity contribution >= 4 is 18.7 Å². The normalized spacial score (nSPS) is 11.8. The minimum atomic E-state index is 0.228. The predicted molar refractivity (Wildman–Crippen MR) is 114 cm³/mol. The fourth-order valence-corrected chi connectivity index (χ4v) is 3.36. The number of rotatable bonds is 7. The Morgan fingerprint density at radius 1 is 1.26 bits per heavy atom. The lowest BCUT2D eigenvalue weighted by Crippen LogP contribution is -2.18. The van der Waals surface area contributed by atoms with E-state index in [-0.39, 0.29) is 5.92 Å². The summed E-state index contributed by atoms with van der Waals surface area (Å²) in [6.07, 6.45) is 5.08. The van der Waals surface area contributed by atoms with E-state index < -0.39 is 0 Å². The Bertz CT molecular complexity index is 985. The van der Waals surface area contributed by atoms with E-state index in [1.165, 1.54) is 11.1 Å². The van der Waals surface area contributed by atoms with Crippen LogP contribution in [0.4, 0.5) is 0 Å². The summed E-state index contributed by atoms with van der Waals surface area (Å²) in [6, 6.07) is 12.4. The molecule has 4 heteroatoms. The molecular formula is C23H24BN3. The molecule has 0 aliphatic rings. The van der Waals surface area contributed by atoms with Crippen LogP contribution in [0.25, 0.3) is 22.2 Å². The molecule has 2 heterocycles. The molecule has 0 saturated heterocycles. The van der Waals surface area contributed by atoms with Crippen molar-refractivity contribution in [2.45, 2.75) is 32.5 Å². The summed E-state index contributed by atoms with van der Waals surface area (Å²) < 4.78 is 0. The molecule has 1 atom stereocenters. The molecule has 3 nitrogen and oxygen atoms in total. The van der Waals surface area contributed by atoms with Crippen molar-refractivity contribution in [1.29, 1.82) is 0 Å². The second-order valence-corrected chi connectivity index (χ2v) is 6.74. The highest BCUT2D eigenvalue weighted by atomic mass is 14.8. The zero-order chi connectivity index (χ0) is 19.2. The third kappa shape index (κ3) is 4.12. The van der Waals surface area contributed by atoms with Gasteiger partial charge in [0, 0.05) is 41.5 Å². The Morgan fingerprint density at radius 2 is 2.07 bits per heavy atom. The molecule has 1 aromatic carbocycles. The van der Waals surface area contributed by atoms with Crippen LogP contribution in [0.5, 0.6) is 0 Å². The fourth-order valence-electron chi connectivity index (χ4n) is 3.36. The molecule has 27 heavy (non-hydrogen) atoms. The number of hydrogen-bond acceptors (Lipinski definition) is 3. The van der Waals surface area contributed by atoms with Gasteiger partial charge in [-0.15, -0.1) is 5.73 Å². The molecule has 1 N–H and O–H groups in total. The van der Waals surface area contributed by atoms with Gasteiger partial charge in [0.2, 0.25) is 0 Å². The molecule has 0 bridgehead atoms. The predicted octanol–water partition coefficient (Wildman–Crippen LogP) is 4.86. The number of pyridine rings is 2. The van der Waals surface area contributed by atoms with Gasteiger partial charge in [-0.25, -0.2) is 0 Å². The molecule has 134 valence electrons. The van der Waals surface area contributed by atoms with E-state index in [1.807, 2.05) is 24.4 Å². The minimum Gasteiger partial charge on any atom is -0.384 e. The van der Waals surface area contributed by atoms with Crippen molar-refractivity contribution in [2.24, 2.45) is 0 Å². The lowest BCUT2D eigenvalue weighted by molar-refractivity contribution is 0.611. The standard InChI is InChI=1S/C23H24BN3/c1-4-12-25-15-18(9-11-24)22-14-16(2)17(3)23(27-22)20-10-13-26-21-8-6-5-7-19(20)21/h5-8,10,12-14,18,25H,1,9,11,15H2,2-3H3. The lowest BCUT2D eigenvalue weighted by atomic mass is 9.89. The van der Waals surface area contributed by atoms with Gasteiger partial charge in [0.05, 0.1) is 19.1 Å². The van der Waals surface area contributed by atoms with Crippen LogP contribution in [-0.2, 0) is 0 Å². The number of para-hydroxylation sites is 1. The number of aromatic nitrogens is 2. The largest absolute Gasteiger partial charge is 0.384 e. The smallest absolute Gasteiger partial charge is 0.0744 e. The van der Waals surface area contributed by atoms with Gasteiger partial charge in [-0.2, -0.15) is 0 Å². The Hall–Kier alpha value is -2.84. The Labute approximate surface area is 162 Å². The summed E-state index contributed by atoms with van der Waals surface area (Å²) in [7, 11) is 5.86. The Morgan fingerprint density at radius 3 is 2.85 bits per heavy atom. The van der Waals surface area contributed by atoms with Gasteiger partial charge < -0.3 is 5.32 Å². The van der Waals surface area contributed by atoms with Crippen LogP contribution in [0.2, 0.25) is 6.32 Å². The van der Waals surface area contributed by atoms with Crippen molar-refractivity contribution in [3.63, 3.8) is 0 Å². The number of aryl methyl sites for hydroxylation is 1. The van der Waals surface area contributed by atoms with E-state index in [4.69, 9.17) is 12.8 Å². The van der Waals surface area contributed by atoms with E-state index in [0.29, 0.717) is 6.32 Å². The highest BCUT2D eigenvalue weighted by Crippen LogP contribution is 2.32. The van der Waals surface area contributed by atoms with Crippen LogP contribution >= 0.6 is 0 Å². The second-order valence-electron chi connectivity index (χ2n) is 6.74. The maximum absolute atomic E-state index is 5.86. The van der Waals surface area contributed by atoms with Crippen LogP contribution in [0.3, 0.4) is 0 Å². The van der Waals surface area contributed by atoms with E-state index in [0.717, 1.165) is 40.8 Å². The number of nitrogens with zero attached hydrogens (tertiary/aromatic N) is 2. The van der Waals surface area contributed by atoms with Crippen LogP contribution in [-0.4, -0.2) is 24.4 Å². The second kappa shape index (κ2) is 8.70. The molecule has 0 saturated carbocycles.